The van der Waals surface area contributed by atoms with Crippen LogP contribution in [0.1, 0.15) is 32.3 Å². The van der Waals surface area contributed by atoms with Gasteiger partial charge in [0.1, 0.15) is 0 Å². The molecule has 0 aromatic heterocycles. The number of carbonyl (C=O) groups is 1. The van der Waals surface area contributed by atoms with Gasteiger partial charge in [-0.3, -0.25) is 9.69 Å². The van der Waals surface area contributed by atoms with Crippen LogP contribution in [0.15, 0.2) is 18.2 Å². The van der Waals surface area contributed by atoms with Gasteiger partial charge in [-0.15, -0.1) is 0 Å². The summed E-state index contributed by atoms with van der Waals surface area (Å²) in [5.74, 6) is 2.13. The molecule has 1 aromatic rings. The molecule has 0 spiro atoms. The fraction of sp³-hybridized carbons (Fsp3) is 0.611. The average Bonchev–Trinajstić information content (AvgIpc) is 3.03. The van der Waals surface area contributed by atoms with Crippen molar-refractivity contribution in [2.24, 2.45) is 5.92 Å². The van der Waals surface area contributed by atoms with Crippen LogP contribution >= 0.6 is 0 Å². The number of fused-ring (bicyclic) bond motifs is 1. The maximum atomic E-state index is 12.4. The van der Waals surface area contributed by atoms with Crippen molar-refractivity contribution in [3.05, 3.63) is 23.8 Å². The largest absolute Gasteiger partial charge is 0.454 e. The molecule has 126 valence electrons. The van der Waals surface area contributed by atoms with Crippen LogP contribution in [0.5, 0.6) is 11.5 Å². The fourth-order valence-corrected chi connectivity index (χ4v) is 3.29. The summed E-state index contributed by atoms with van der Waals surface area (Å²) in [6.45, 7) is 8.91. The van der Waals surface area contributed by atoms with Crippen LogP contribution < -0.4 is 9.47 Å². The molecule has 23 heavy (non-hydrogen) atoms. The minimum atomic E-state index is 0.153. The standard InChI is InChI=1S/C18H26N2O3/c1-3-4-14(2)18(21)20-9-7-19(8-10-20)12-15-5-6-16-17(11-15)23-13-22-16/h5-6,11,14H,3-4,7-10,12-13H2,1-2H3/t14-/m1/s1. The van der Waals surface area contributed by atoms with Crippen molar-refractivity contribution in [2.75, 3.05) is 33.0 Å². The van der Waals surface area contributed by atoms with Gasteiger partial charge >= 0.3 is 0 Å². The zero-order valence-electron chi connectivity index (χ0n) is 14.1. The maximum Gasteiger partial charge on any atom is 0.231 e. The predicted octanol–water partition coefficient (Wildman–Crippen LogP) is 2.50. The summed E-state index contributed by atoms with van der Waals surface area (Å²) in [5, 5.41) is 0. The zero-order chi connectivity index (χ0) is 16.2. The highest BCUT2D eigenvalue weighted by Crippen LogP contribution is 2.32. The van der Waals surface area contributed by atoms with E-state index in [0.717, 1.165) is 57.1 Å². The second kappa shape index (κ2) is 7.21. The Bertz CT molecular complexity index is 553. The fourth-order valence-electron chi connectivity index (χ4n) is 3.29. The summed E-state index contributed by atoms with van der Waals surface area (Å²) in [4.78, 5) is 16.8. The van der Waals surface area contributed by atoms with Gasteiger partial charge in [-0.1, -0.05) is 26.3 Å². The van der Waals surface area contributed by atoms with Crippen molar-refractivity contribution in [3.63, 3.8) is 0 Å². The molecule has 1 fully saturated rings. The van der Waals surface area contributed by atoms with E-state index in [0.29, 0.717) is 12.7 Å². The SMILES string of the molecule is CCC[C@@H](C)C(=O)N1CCN(Cc2ccc3c(c2)OCO3)CC1. The molecule has 0 saturated carbocycles. The summed E-state index contributed by atoms with van der Waals surface area (Å²) in [5.41, 5.74) is 1.23. The second-order valence-electron chi connectivity index (χ2n) is 6.48. The van der Waals surface area contributed by atoms with Crippen LogP contribution in [-0.4, -0.2) is 48.7 Å². The molecule has 2 aliphatic rings. The third-order valence-corrected chi connectivity index (χ3v) is 4.67. The van der Waals surface area contributed by atoms with Crippen LogP contribution in [0.3, 0.4) is 0 Å². The number of piperazine rings is 1. The zero-order valence-corrected chi connectivity index (χ0v) is 14.1. The minimum absolute atomic E-state index is 0.153. The van der Waals surface area contributed by atoms with Crippen LogP contribution in [0.2, 0.25) is 0 Å². The van der Waals surface area contributed by atoms with E-state index in [1.165, 1.54) is 5.56 Å². The van der Waals surface area contributed by atoms with Gasteiger partial charge in [0, 0.05) is 38.6 Å². The van der Waals surface area contributed by atoms with Crippen LogP contribution in [-0.2, 0) is 11.3 Å². The Morgan fingerprint density at radius 3 is 2.65 bits per heavy atom. The molecule has 0 N–H and O–H groups in total. The van der Waals surface area contributed by atoms with Gasteiger partial charge < -0.3 is 14.4 Å². The van der Waals surface area contributed by atoms with Crippen molar-refractivity contribution in [1.29, 1.82) is 0 Å². The number of amides is 1. The molecule has 2 heterocycles. The molecule has 5 nitrogen and oxygen atoms in total. The number of nitrogens with zero attached hydrogens (tertiary/aromatic N) is 2. The van der Waals surface area contributed by atoms with Gasteiger partial charge in [0.2, 0.25) is 12.7 Å². The van der Waals surface area contributed by atoms with E-state index >= 15 is 0 Å². The quantitative estimate of drug-likeness (QED) is 0.836. The molecular formula is C18H26N2O3. The summed E-state index contributed by atoms with van der Waals surface area (Å²) < 4.78 is 10.8. The monoisotopic (exact) mass is 318 g/mol. The molecular weight excluding hydrogens is 292 g/mol. The van der Waals surface area contributed by atoms with Crippen LogP contribution in [0.25, 0.3) is 0 Å². The molecule has 3 rings (SSSR count). The summed E-state index contributed by atoms with van der Waals surface area (Å²) in [7, 11) is 0. The highest BCUT2D eigenvalue weighted by molar-refractivity contribution is 5.78. The van der Waals surface area contributed by atoms with E-state index in [2.05, 4.69) is 24.0 Å². The van der Waals surface area contributed by atoms with Gasteiger partial charge in [0.25, 0.3) is 0 Å². The number of hydrogen-bond donors (Lipinski definition) is 0. The molecule has 1 saturated heterocycles. The summed E-state index contributed by atoms with van der Waals surface area (Å²) in [6.07, 6.45) is 2.05. The third kappa shape index (κ3) is 3.78. The molecule has 1 amide bonds. The number of hydrogen-bond acceptors (Lipinski definition) is 4. The molecule has 0 unspecified atom stereocenters. The van der Waals surface area contributed by atoms with Gasteiger partial charge in [-0.2, -0.15) is 0 Å². The number of carbonyl (C=O) groups excluding carboxylic acids is 1. The lowest BCUT2D eigenvalue weighted by Gasteiger charge is -2.36. The van der Waals surface area contributed by atoms with E-state index in [1.807, 2.05) is 17.9 Å². The maximum absolute atomic E-state index is 12.4. The first-order valence-electron chi connectivity index (χ1n) is 8.57. The Balaban J connectivity index is 1.50. The minimum Gasteiger partial charge on any atom is -0.454 e. The lowest BCUT2D eigenvalue weighted by atomic mass is 10.0. The Morgan fingerprint density at radius 2 is 1.91 bits per heavy atom. The lowest BCUT2D eigenvalue weighted by Crippen LogP contribution is -2.49. The summed E-state index contributed by atoms with van der Waals surface area (Å²) >= 11 is 0. The number of benzene rings is 1. The Morgan fingerprint density at radius 1 is 1.17 bits per heavy atom. The van der Waals surface area contributed by atoms with E-state index < -0.39 is 0 Å². The number of ether oxygens (including phenoxy) is 2. The van der Waals surface area contributed by atoms with Crippen molar-refractivity contribution in [3.8, 4) is 11.5 Å². The third-order valence-electron chi connectivity index (χ3n) is 4.67. The van der Waals surface area contributed by atoms with Crippen molar-refractivity contribution in [1.82, 2.24) is 9.80 Å². The lowest BCUT2D eigenvalue weighted by molar-refractivity contribution is -0.137. The van der Waals surface area contributed by atoms with Crippen molar-refractivity contribution < 1.29 is 14.3 Å². The highest BCUT2D eigenvalue weighted by Gasteiger charge is 2.24. The van der Waals surface area contributed by atoms with Crippen molar-refractivity contribution >= 4 is 5.91 Å². The van der Waals surface area contributed by atoms with Gasteiger partial charge in [-0.25, -0.2) is 0 Å². The van der Waals surface area contributed by atoms with E-state index in [1.54, 1.807) is 0 Å². The molecule has 0 bridgehead atoms. The van der Waals surface area contributed by atoms with Gasteiger partial charge in [0.05, 0.1) is 0 Å². The predicted molar refractivity (Wildman–Crippen MR) is 88.5 cm³/mol. The molecule has 0 radical (unpaired) electrons. The van der Waals surface area contributed by atoms with E-state index in [9.17, 15) is 4.79 Å². The smallest absolute Gasteiger partial charge is 0.231 e. The number of rotatable bonds is 5. The van der Waals surface area contributed by atoms with E-state index in [4.69, 9.17) is 9.47 Å². The van der Waals surface area contributed by atoms with Gasteiger partial charge in [-0.05, 0) is 24.1 Å². The summed E-state index contributed by atoms with van der Waals surface area (Å²) in [6, 6.07) is 6.13. The Labute approximate surface area is 138 Å². The normalized spacial score (nSPS) is 19.0. The molecule has 1 atom stereocenters. The molecule has 0 aliphatic carbocycles. The van der Waals surface area contributed by atoms with Crippen molar-refractivity contribution in [2.45, 2.75) is 33.2 Å². The molecule has 5 heteroatoms. The average molecular weight is 318 g/mol. The first-order chi connectivity index (χ1) is 11.2. The highest BCUT2D eigenvalue weighted by atomic mass is 16.7. The first kappa shape index (κ1) is 16.1. The topological polar surface area (TPSA) is 42.0 Å². The Hall–Kier alpha value is -1.75. The molecule has 2 aliphatic heterocycles. The molecule has 1 aromatic carbocycles. The van der Waals surface area contributed by atoms with Crippen LogP contribution in [0.4, 0.5) is 0 Å². The van der Waals surface area contributed by atoms with Crippen LogP contribution in [0, 0.1) is 5.92 Å². The first-order valence-corrected chi connectivity index (χ1v) is 8.57. The van der Waals surface area contributed by atoms with Gasteiger partial charge in [0.15, 0.2) is 11.5 Å². The van der Waals surface area contributed by atoms with E-state index in [-0.39, 0.29) is 5.92 Å². The second-order valence-corrected chi connectivity index (χ2v) is 6.48. The Kier molecular flexibility index (Phi) is 5.06.